The van der Waals surface area contributed by atoms with E-state index in [2.05, 4.69) is 31.1 Å². The van der Waals surface area contributed by atoms with E-state index in [1.807, 2.05) is 37.3 Å². The number of para-hydroxylation sites is 1. The predicted molar refractivity (Wildman–Crippen MR) is 119 cm³/mol. The summed E-state index contributed by atoms with van der Waals surface area (Å²) in [6.45, 7) is 1.95. The monoisotopic (exact) mass is 495 g/mol. The van der Waals surface area contributed by atoms with Crippen molar-refractivity contribution in [3.05, 3.63) is 81.2 Å². The summed E-state index contributed by atoms with van der Waals surface area (Å²) in [7, 11) is 0. The maximum Gasteiger partial charge on any atom is 0.283 e. The van der Waals surface area contributed by atoms with Crippen LogP contribution in [0.4, 0.5) is 0 Å². The highest BCUT2D eigenvalue weighted by Crippen LogP contribution is 2.27. The molecule has 0 fully saturated rings. The second kappa shape index (κ2) is 8.12. The third-order valence-electron chi connectivity index (χ3n) is 4.45. The Balaban J connectivity index is 1.53. The van der Waals surface area contributed by atoms with Crippen molar-refractivity contribution in [3.63, 3.8) is 0 Å². The lowest BCUT2D eigenvalue weighted by atomic mass is 10.2. The van der Waals surface area contributed by atoms with Crippen molar-refractivity contribution in [2.75, 3.05) is 0 Å². The molecule has 10 heteroatoms. The van der Waals surface area contributed by atoms with Crippen LogP contribution in [-0.2, 0) is 5.75 Å². The highest BCUT2D eigenvalue weighted by Gasteiger charge is 2.17. The zero-order valence-electron chi connectivity index (χ0n) is 16.2. The van der Waals surface area contributed by atoms with E-state index in [4.69, 9.17) is 13.8 Å². The van der Waals surface area contributed by atoms with Gasteiger partial charge in [-0.1, -0.05) is 23.9 Å². The zero-order valence-corrected chi connectivity index (χ0v) is 18.6. The van der Waals surface area contributed by atoms with Gasteiger partial charge in [0.15, 0.2) is 15.6 Å². The molecule has 8 nitrogen and oxygen atoms in total. The molecule has 0 aliphatic heterocycles. The number of rotatable bonds is 5. The van der Waals surface area contributed by atoms with Gasteiger partial charge in [0.1, 0.15) is 5.82 Å². The van der Waals surface area contributed by atoms with Gasteiger partial charge in [-0.05, 0) is 64.8 Å². The van der Waals surface area contributed by atoms with E-state index in [1.54, 1.807) is 24.4 Å². The van der Waals surface area contributed by atoms with Gasteiger partial charge in [-0.15, -0.1) is 10.2 Å². The summed E-state index contributed by atoms with van der Waals surface area (Å²) in [6.07, 6.45) is 1.67. The summed E-state index contributed by atoms with van der Waals surface area (Å²) < 4.78 is 13.2. The Bertz CT molecular complexity index is 1460. The van der Waals surface area contributed by atoms with Crippen molar-refractivity contribution in [2.24, 2.45) is 0 Å². The van der Waals surface area contributed by atoms with Crippen molar-refractivity contribution >= 4 is 38.6 Å². The molecule has 0 aliphatic rings. The minimum absolute atomic E-state index is 0.183. The number of nitrogens with zero attached hydrogens (tertiary/aromatic N) is 5. The summed E-state index contributed by atoms with van der Waals surface area (Å²) >= 11 is 4.57. The van der Waals surface area contributed by atoms with E-state index in [0.717, 1.165) is 5.56 Å². The SMILES string of the molecule is Cc1ccnc(-n2c(SCc3nnc(-c4ccc(Br)o4)o3)nc3ccccc3c2=O)c1. The molecule has 0 N–H and O–H groups in total. The Morgan fingerprint density at radius 2 is 1.97 bits per heavy atom. The summed E-state index contributed by atoms with van der Waals surface area (Å²) in [4.78, 5) is 22.3. The molecular weight excluding hydrogens is 482 g/mol. The maximum absolute atomic E-state index is 13.3. The molecule has 0 radical (unpaired) electrons. The third kappa shape index (κ3) is 3.91. The molecule has 4 aromatic heterocycles. The molecule has 0 bridgehead atoms. The third-order valence-corrected chi connectivity index (χ3v) is 5.80. The van der Waals surface area contributed by atoms with Crippen LogP contribution in [0.1, 0.15) is 11.5 Å². The Morgan fingerprint density at radius 3 is 2.77 bits per heavy atom. The number of aromatic nitrogens is 5. The van der Waals surface area contributed by atoms with Crippen LogP contribution in [0.5, 0.6) is 0 Å². The normalized spacial score (nSPS) is 11.3. The van der Waals surface area contributed by atoms with Gasteiger partial charge in [0.05, 0.1) is 16.7 Å². The molecule has 5 aromatic rings. The fourth-order valence-electron chi connectivity index (χ4n) is 3.02. The first-order valence-electron chi connectivity index (χ1n) is 9.24. The number of fused-ring (bicyclic) bond motifs is 1. The van der Waals surface area contributed by atoms with Crippen LogP contribution in [0.15, 0.2) is 78.2 Å². The lowest BCUT2D eigenvalue weighted by Gasteiger charge is -2.12. The average Bonchev–Trinajstić information content (AvgIpc) is 3.41. The van der Waals surface area contributed by atoms with Crippen LogP contribution in [0.25, 0.3) is 28.4 Å². The number of hydrogen-bond acceptors (Lipinski definition) is 8. The minimum atomic E-state index is -0.183. The molecule has 0 aliphatic carbocycles. The number of aryl methyl sites for hydroxylation is 1. The van der Waals surface area contributed by atoms with E-state index in [1.165, 1.54) is 16.3 Å². The predicted octanol–water partition coefficient (Wildman–Crippen LogP) is 4.79. The molecule has 0 unspecified atom stereocenters. The number of halogens is 1. The lowest BCUT2D eigenvalue weighted by molar-refractivity contribution is 0.486. The van der Waals surface area contributed by atoms with Gasteiger partial charge in [-0.25, -0.2) is 14.5 Å². The molecular formula is C21H14BrN5O3S. The van der Waals surface area contributed by atoms with Gasteiger partial charge < -0.3 is 8.83 Å². The Hall–Kier alpha value is -3.24. The smallest absolute Gasteiger partial charge is 0.283 e. The first-order valence-corrected chi connectivity index (χ1v) is 11.0. The van der Waals surface area contributed by atoms with Gasteiger partial charge in [-0.2, -0.15) is 0 Å². The Labute approximate surface area is 188 Å². The van der Waals surface area contributed by atoms with Crippen LogP contribution in [0.2, 0.25) is 0 Å². The molecule has 31 heavy (non-hydrogen) atoms. The van der Waals surface area contributed by atoms with Crippen molar-refractivity contribution in [1.82, 2.24) is 24.7 Å². The van der Waals surface area contributed by atoms with Crippen molar-refractivity contribution in [2.45, 2.75) is 17.8 Å². The van der Waals surface area contributed by atoms with Crippen LogP contribution in [-0.4, -0.2) is 24.7 Å². The van der Waals surface area contributed by atoms with E-state index in [9.17, 15) is 4.79 Å². The number of benzene rings is 1. The molecule has 1 aromatic carbocycles. The van der Waals surface area contributed by atoms with E-state index >= 15 is 0 Å². The van der Waals surface area contributed by atoms with Crippen LogP contribution < -0.4 is 5.56 Å². The molecule has 154 valence electrons. The van der Waals surface area contributed by atoms with E-state index < -0.39 is 0 Å². The van der Waals surface area contributed by atoms with E-state index in [0.29, 0.717) is 44.0 Å². The molecule has 5 rings (SSSR count). The van der Waals surface area contributed by atoms with Gasteiger partial charge in [0, 0.05) is 6.20 Å². The van der Waals surface area contributed by atoms with Crippen molar-refractivity contribution in [1.29, 1.82) is 0 Å². The Morgan fingerprint density at radius 1 is 1.10 bits per heavy atom. The van der Waals surface area contributed by atoms with Gasteiger partial charge in [-0.3, -0.25) is 4.79 Å². The second-order valence-electron chi connectivity index (χ2n) is 6.64. The maximum atomic E-state index is 13.3. The van der Waals surface area contributed by atoms with E-state index in [-0.39, 0.29) is 11.4 Å². The van der Waals surface area contributed by atoms with Crippen LogP contribution >= 0.6 is 27.7 Å². The molecule has 0 saturated carbocycles. The molecule has 0 amide bonds. The van der Waals surface area contributed by atoms with Gasteiger partial charge >= 0.3 is 0 Å². The number of furan rings is 1. The fraction of sp³-hybridized carbons (Fsp3) is 0.0952. The van der Waals surface area contributed by atoms with Gasteiger partial charge in [0.2, 0.25) is 5.89 Å². The summed E-state index contributed by atoms with van der Waals surface area (Å²) in [5.41, 5.74) is 1.43. The van der Waals surface area contributed by atoms with Crippen LogP contribution in [0, 0.1) is 6.92 Å². The molecule has 0 saturated heterocycles. The fourth-order valence-corrected chi connectivity index (χ4v) is 4.16. The summed E-state index contributed by atoms with van der Waals surface area (Å²) in [5.74, 6) is 1.98. The Kier molecular flexibility index (Phi) is 5.16. The lowest BCUT2D eigenvalue weighted by Crippen LogP contribution is -2.22. The quantitative estimate of drug-likeness (QED) is 0.253. The summed E-state index contributed by atoms with van der Waals surface area (Å²) in [6, 6.07) is 14.5. The average molecular weight is 496 g/mol. The highest BCUT2D eigenvalue weighted by molar-refractivity contribution is 9.10. The van der Waals surface area contributed by atoms with Crippen molar-refractivity contribution < 1.29 is 8.83 Å². The van der Waals surface area contributed by atoms with Crippen molar-refractivity contribution in [3.8, 4) is 17.5 Å². The molecule has 4 heterocycles. The van der Waals surface area contributed by atoms with Crippen LogP contribution in [0.3, 0.4) is 0 Å². The highest BCUT2D eigenvalue weighted by atomic mass is 79.9. The first-order chi connectivity index (χ1) is 15.1. The van der Waals surface area contributed by atoms with Gasteiger partial charge in [0.25, 0.3) is 11.4 Å². The minimum Gasteiger partial charge on any atom is -0.444 e. The molecule has 0 atom stereocenters. The number of hydrogen-bond donors (Lipinski definition) is 0. The second-order valence-corrected chi connectivity index (χ2v) is 8.36. The zero-order chi connectivity index (χ0) is 21.4. The molecule has 0 spiro atoms. The standard InChI is InChI=1S/C21H14BrN5O3S/c1-12-8-9-23-17(10-12)27-20(28)13-4-2-3-5-14(13)24-21(27)31-11-18-25-26-19(30-18)15-6-7-16(22)29-15/h2-10H,11H2,1H3. The summed E-state index contributed by atoms with van der Waals surface area (Å²) in [5, 5.41) is 9.12. The largest absolute Gasteiger partial charge is 0.444 e. The first kappa shape index (κ1) is 19.7. The number of pyridine rings is 1. The number of thioether (sulfide) groups is 1. The topological polar surface area (TPSA) is 99.8 Å².